The van der Waals surface area contributed by atoms with Crippen LogP contribution in [-0.2, 0) is 6.42 Å². The fourth-order valence-electron chi connectivity index (χ4n) is 3.10. The van der Waals surface area contributed by atoms with Gasteiger partial charge in [0.2, 0.25) is 0 Å². The van der Waals surface area contributed by atoms with Crippen molar-refractivity contribution in [1.29, 1.82) is 0 Å². The van der Waals surface area contributed by atoms with Gasteiger partial charge in [0.25, 0.3) is 0 Å². The van der Waals surface area contributed by atoms with Gasteiger partial charge in [0.05, 0.1) is 0 Å². The van der Waals surface area contributed by atoms with Crippen molar-refractivity contribution in [1.82, 2.24) is 0 Å². The van der Waals surface area contributed by atoms with Crippen molar-refractivity contribution in [3.05, 3.63) is 76.2 Å². The first-order valence-corrected chi connectivity index (χ1v) is 7.89. The van der Waals surface area contributed by atoms with Crippen molar-refractivity contribution < 1.29 is 0 Å². The first-order chi connectivity index (χ1) is 9.83. The first kappa shape index (κ1) is 11.9. The summed E-state index contributed by atoms with van der Waals surface area (Å²) < 4.78 is 1.45. The van der Waals surface area contributed by atoms with Gasteiger partial charge >= 0.3 is 0 Å². The highest BCUT2D eigenvalue weighted by molar-refractivity contribution is 7.20. The average Bonchev–Trinajstić information content (AvgIpc) is 2.88. The minimum atomic E-state index is 0.516. The van der Waals surface area contributed by atoms with Crippen molar-refractivity contribution in [2.24, 2.45) is 0 Å². The molecular formula is C19H16S. The van der Waals surface area contributed by atoms with Gasteiger partial charge in [-0.15, -0.1) is 11.3 Å². The molecule has 1 atom stereocenters. The van der Waals surface area contributed by atoms with Gasteiger partial charge in [0, 0.05) is 15.5 Å². The van der Waals surface area contributed by atoms with Crippen LogP contribution in [0.4, 0.5) is 0 Å². The molecule has 0 amide bonds. The molecule has 98 valence electrons. The lowest BCUT2D eigenvalue weighted by Crippen LogP contribution is -2.03. The van der Waals surface area contributed by atoms with Gasteiger partial charge in [-0.05, 0) is 41.5 Å². The number of aryl methyl sites for hydroxylation is 1. The zero-order valence-corrected chi connectivity index (χ0v) is 12.3. The second-order valence-electron chi connectivity index (χ2n) is 5.48. The largest absolute Gasteiger partial charge is 0.135 e. The molecule has 1 heterocycles. The van der Waals surface area contributed by atoms with E-state index in [1.54, 1.807) is 0 Å². The maximum atomic E-state index is 2.36. The van der Waals surface area contributed by atoms with E-state index in [1.165, 1.54) is 31.7 Å². The van der Waals surface area contributed by atoms with Gasteiger partial charge in [-0.2, -0.15) is 0 Å². The maximum Gasteiger partial charge on any atom is 0.0381 e. The minimum Gasteiger partial charge on any atom is -0.135 e. The molecule has 1 aliphatic rings. The molecule has 0 nitrogen and oxygen atoms in total. The summed E-state index contributed by atoms with van der Waals surface area (Å²) in [5.41, 5.74) is 4.35. The minimum absolute atomic E-state index is 0.516. The Hall–Kier alpha value is -1.86. The Morgan fingerprint density at radius 2 is 1.85 bits per heavy atom. The van der Waals surface area contributed by atoms with E-state index in [0.29, 0.717) is 5.92 Å². The maximum absolute atomic E-state index is 2.36. The van der Waals surface area contributed by atoms with Crippen molar-refractivity contribution in [2.75, 3.05) is 0 Å². The number of benzene rings is 2. The third-order valence-electron chi connectivity index (χ3n) is 4.18. The van der Waals surface area contributed by atoms with Gasteiger partial charge in [-0.3, -0.25) is 0 Å². The van der Waals surface area contributed by atoms with E-state index in [2.05, 4.69) is 67.6 Å². The lowest BCUT2D eigenvalue weighted by Gasteiger charge is -2.17. The molecule has 0 aliphatic heterocycles. The number of hydrogen-bond acceptors (Lipinski definition) is 1. The third-order valence-corrected chi connectivity index (χ3v) is 5.53. The highest BCUT2D eigenvalue weighted by Crippen LogP contribution is 2.40. The third kappa shape index (κ3) is 1.82. The first-order valence-electron chi connectivity index (χ1n) is 7.07. The summed E-state index contributed by atoms with van der Waals surface area (Å²) in [4.78, 5) is 1.45. The lowest BCUT2D eigenvalue weighted by molar-refractivity contribution is 0.837. The number of allylic oxidation sites excluding steroid dienone is 1. The standard InChI is InChI=1S/C19H16S/c1-13-6-5-9-16-17-12-15(14-7-3-2-4-8-14)10-11-18(17)20-19(13)16/h2-11,15H,12H2,1H3. The molecule has 1 aliphatic carbocycles. The zero-order valence-electron chi connectivity index (χ0n) is 11.5. The smallest absolute Gasteiger partial charge is 0.0381 e. The highest BCUT2D eigenvalue weighted by Gasteiger charge is 2.20. The quantitative estimate of drug-likeness (QED) is 0.545. The number of fused-ring (bicyclic) bond motifs is 3. The Labute approximate surface area is 123 Å². The SMILES string of the molecule is Cc1cccc2c3c(sc12)C=CC(c1ccccc1)C3. The predicted molar refractivity (Wildman–Crippen MR) is 88.5 cm³/mol. The molecule has 20 heavy (non-hydrogen) atoms. The Kier molecular flexibility index (Phi) is 2.75. The molecule has 0 saturated carbocycles. The van der Waals surface area contributed by atoms with Crippen molar-refractivity contribution >= 4 is 27.5 Å². The lowest BCUT2D eigenvalue weighted by atomic mass is 9.87. The number of rotatable bonds is 1. The molecule has 0 spiro atoms. The van der Waals surface area contributed by atoms with Gasteiger partial charge in [0.15, 0.2) is 0 Å². The Balaban J connectivity index is 1.83. The van der Waals surface area contributed by atoms with E-state index < -0.39 is 0 Å². The fourth-order valence-corrected chi connectivity index (χ4v) is 4.31. The van der Waals surface area contributed by atoms with Crippen LogP contribution in [0.2, 0.25) is 0 Å². The second-order valence-corrected chi connectivity index (χ2v) is 6.53. The molecule has 0 radical (unpaired) electrons. The van der Waals surface area contributed by atoms with Gasteiger partial charge in [-0.1, -0.05) is 54.6 Å². The van der Waals surface area contributed by atoms with E-state index in [4.69, 9.17) is 0 Å². The van der Waals surface area contributed by atoms with Crippen LogP contribution in [0, 0.1) is 6.92 Å². The van der Waals surface area contributed by atoms with Crippen LogP contribution < -0.4 is 0 Å². The van der Waals surface area contributed by atoms with E-state index in [1.807, 2.05) is 11.3 Å². The second kappa shape index (κ2) is 4.60. The summed E-state index contributed by atoms with van der Waals surface area (Å²) >= 11 is 1.94. The molecule has 0 N–H and O–H groups in total. The molecule has 1 aromatic heterocycles. The summed E-state index contributed by atoms with van der Waals surface area (Å²) in [5, 5.41) is 1.45. The van der Waals surface area contributed by atoms with E-state index in [0.717, 1.165) is 6.42 Å². The summed E-state index contributed by atoms with van der Waals surface area (Å²) in [6.07, 6.45) is 5.81. The fraction of sp³-hybridized carbons (Fsp3) is 0.158. The van der Waals surface area contributed by atoms with E-state index in [-0.39, 0.29) is 0 Å². The monoisotopic (exact) mass is 276 g/mol. The van der Waals surface area contributed by atoms with Crippen molar-refractivity contribution in [3.8, 4) is 0 Å². The van der Waals surface area contributed by atoms with Crippen LogP contribution in [0.25, 0.3) is 16.2 Å². The van der Waals surface area contributed by atoms with Crippen LogP contribution in [-0.4, -0.2) is 0 Å². The Morgan fingerprint density at radius 3 is 2.70 bits per heavy atom. The Bertz CT molecular complexity index is 793. The normalized spacial score (nSPS) is 17.4. The molecule has 0 saturated heterocycles. The van der Waals surface area contributed by atoms with Gasteiger partial charge in [-0.25, -0.2) is 0 Å². The number of hydrogen-bond donors (Lipinski definition) is 0. The summed E-state index contributed by atoms with van der Waals surface area (Å²) in [6, 6.07) is 17.5. The topological polar surface area (TPSA) is 0 Å². The summed E-state index contributed by atoms with van der Waals surface area (Å²) in [7, 11) is 0. The van der Waals surface area contributed by atoms with Gasteiger partial charge < -0.3 is 0 Å². The predicted octanol–water partition coefficient (Wildman–Crippen LogP) is 5.56. The molecule has 1 unspecified atom stereocenters. The van der Waals surface area contributed by atoms with E-state index in [9.17, 15) is 0 Å². The van der Waals surface area contributed by atoms with E-state index >= 15 is 0 Å². The van der Waals surface area contributed by atoms with Crippen LogP contribution in [0.1, 0.15) is 27.5 Å². The zero-order chi connectivity index (χ0) is 13.5. The molecule has 0 bridgehead atoms. The Morgan fingerprint density at radius 1 is 1.00 bits per heavy atom. The number of thiophene rings is 1. The van der Waals surface area contributed by atoms with Crippen LogP contribution in [0.5, 0.6) is 0 Å². The summed E-state index contributed by atoms with van der Waals surface area (Å²) in [5.74, 6) is 0.516. The molecule has 1 heteroatoms. The molecule has 3 aromatic rings. The molecule has 2 aromatic carbocycles. The van der Waals surface area contributed by atoms with Crippen molar-refractivity contribution in [3.63, 3.8) is 0 Å². The summed E-state index contributed by atoms with van der Waals surface area (Å²) in [6.45, 7) is 2.21. The van der Waals surface area contributed by atoms with Crippen LogP contribution >= 0.6 is 11.3 Å². The molecule has 0 fully saturated rings. The van der Waals surface area contributed by atoms with Gasteiger partial charge in [0.1, 0.15) is 0 Å². The van der Waals surface area contributed by atoms with Crippen LogP contribution in [0.15, 0.2) is 54.6 Å². The van der Waals surface area contributed by atoms with Crippen LogP contribution in [0.3, 0.4) is 0 Å². The molecular weight excluding hydrogens is 260 g/mol. The highest BCUT2D eigenvalue weighted by atomic mass is 32.1. The average molecular weight is 276 g/mol. The molecule has 4 rings (SSSR count). The van der Waals surface area contributed by atoms with Crippen molar-refractivity contribution in [2.45, 2.75) is 19.3 Å².